The summed E-state index contributed by atoms with van der Waals surface area (Å²) in [5, 5.41) is 80.3. The molecule has 0 spiro atoms. The third kappa shape index (κ3) is 8.78. The van der Waals surface area contributed by atoms with Gasteiger partial charge in [-0.3, -0.25) is 4.79 Å². The number of aliphatic hydroxyl groups excluding tert-OH is 6. The van der Waals surface area contributed by atoms with Crippen LogP contribution in [0.2, 0.25) is 0 Å². The molecule has 0 radical (unpaired) electrons. The number of carbonyl (C=O) groups is 2. The number of amides is 2. The van der Waals surface area contributed by atoms with Crippen molar-refractivity contribution in [1.29, 1.82) is 0 Å². The number of carbonyl (C=O) groups excluding carboxylic acids is 2. The molecule has 2 heterocycles. The summed E-state index contributed by atoms with van der Waals surface area (Å²) in [6.45, 7) is 9.63. The molecule has 0 aromatic heterocycles. The smallest absolute Gasteiger partial charge is 0.407 e. The van der Waals surface area contributed by atoms with Gasteiger partial charge in [0.2, 0.25) is 0 Å². The minimum absolute atomic E-state index is 0.0599. The van der Waals surface area contributed by atoms with Gasteiger partial charge in [0.25, 0.3) is 5.91 Å². The van der Waals surface area contributed by atoms with E-state index in [-0.39, 0.29) is 19.4 Å². The maximum atomic E-state index is 13.0. The van der Waals surface area contributed by atoms with E-state index in [0.717, 1.165) is 0 Å². The SMILES string of the molecule is CCC1OC(C2C(C)CC(NC(=O)C(O)CNC(=O)OC(C)(C)C)C(OC3OCC(O)(CC)CC3O)C2O)C(O)C(O)C1O. The predicted molar refractivity (Wildman–Crippen MR) is 153 cm³/mol. The first-order valence-electron chi connectivity index (χ1n) is 15.4. The zero-order valence-electron chi connectivity index (χ0n) is 26.3. The highest BCUT2D eigenvalue weighted by Crippen LogP contribution is 2.41. The molecule has 0 aromatic carbocycles. The van der Waals surface area contributed by atoms with Crippen molar-refractivity contribution in [3.8, 4) is 0 Å². The lowest BCUT2D eigenvalue weighted by Crippen LogP contribution is -2.67. The summed E-state index contributed by atoms with van der Waals surface area (Å²) in [5.41, 5.74) is -2.06. The van der Waals surface area contributed by atoms with E-state index in [2.05, 4.69) is 10.6 Å². The Morgan fingerprint density at radius 3 is 2.27 bits per heavy atom. The van der Waals surface area contributed by atoms with Crippen LogP contribution >= 0.6 is 0 Å². The Bertz CT molecular complexity index is 964. The Balaban J connectivity index is 1.81. The normalized spacial score (nSPS) is 42.3. The molecule has 15 heteroatoms. The molecule has 0 bridgehead atoms. The van der Waals surface area contributed by atoms with Gasteiger partial charge >= 0.3 is 6.09 Å². The maximum absolute atomic E-state index is 13.0. The molecule has 0 aromatic rings. The van der Waals surface area contributed by atoms with Gasteiger partial charge in [0, 0.05) is 12.3 Å². The quantitative estimate of drug-likeness (QED) is 0.137. The van der Waals surface area contributed by atoms with Crippen LogP contribution in [-0.2, 0) is 23.7 Å². The van der Waals surface area contributed by atoms with Crippen molar-refractivity contribution in [3.63, 3.8) is 0 Å². The lowest BCUT2D eigenvalue weighted by molar-refractivity contribution is -0.302. The highest BCUT2D eigenvalue weighted by Gasteiger charge is 2.55. The number of rotatable bonds is 9. The van der Waals surface area contributed by atoms with Gasteiger partial charge in [-0.2, -0.15) is 0 Å². The van der Waals surface area contributed by atoms with Crippen LogP contribution < -0.4 is 10.6 Å². The van der Waals surface area contributed by atoms with E-state index in [9.17, 15) is 45.3 Å². The highest BCUT2D eigenvalue weighted by molar-refractivity contribution is 5.81. The average molecular weight is 637 g/mol. The van der Waals surface area contributed by atoms with E-state index in [4.69, 9.17) is 18.9 Å². The van der Waals surface area contributed by atoms with Crippen LogP contribution in [0.5, 0.6) is 0 Å². The second-order valence-corrected chi connectivity index (χ2v) is 13.4. The zero-order chi connectivity index (χ0) is 33.1. The van der Waals surface area contributed by atoms with Gasteiger partial charge in [-0.05, 0) is 46.0 Å². The Morgan fingerprint density at radius 1 is 1.05 bits per heavy atom. The summed E-state index contributed by atoms with van der Waals surface area (Å²) in [6, 6.07) is -0.944. The Labute approximate surface area is 257 Å². The van der Waals surface area contributed by atoms with Crippen molar-refractivity contribution < 1.29 is 64.3 Å². The fraction of sp³-hybridized carbons (Fsp3) is 0.931. The lowest BCUT2D eigenvalue weighted by atomic mass is 9.69. The molecule has 2 amide bonds. The van der Waals surface area contributed by atoms with Crippen molar-refractivity contribution in [2.75, 3.05) is 13.2 Å². The maximum Gasteiger partial charge on any atom is 0.407 e. The van der Waals surface area contributed by atoms with E-state index in [1.807, 2.05) is 0 Å². The molecule has 2 aliphatic heterocycles. The molecule has 1 aliphatic carbocycles. The highest BCUT2D eigenvalue weighted by atomic mass is 16.7. The molecule has 3 aliphatic rings. The molecule has 9 N–H and O–H groups in total. The molecule has 256 valence electrons. The van der Waals surface area contributed by atoms with Crippen LogP contribution in [0.3, 0.4) is 0 Å². The van der Waals surface area contributed by atoms with Crippen LogP contribution in [-0.4, -0.2) is 139 Å². The number of nitrogens with one attached hydrogen (secondary N) is 2. The molecule has 3 rings (SSSR count). The van der Waals surface area contributed by atoms with Crippen LogP contribution in [0.25, 0.3) is 0 Å². The molecular formula is C29H52N2O13. The monoisotopic (exact) mass is 636 g/mol. The predicted octanol–water partition coefficient (Wildman–Crippen LogP) is -1.73. The van der Waals surface area contributed by atoms with Gasteiger partial charge in [-0.1, -0.05) is 20.8 Å². The average Bonchev–Trinajstić information content (AvgIpc) is 2.93. The van der Waals surface area contributed by atoms with Gasteiger partial charge in [0.15, 0.2) is 6.29 Å². The minimum Gasteiger partial charge on any atom is -0.444 e. The number of hydrogen-bond donors (Lipinski definition) is 9. The molecule has 15 nitrogen and oxygen atoms in total. The van der Waals surface area contributed by atoms with Gasteiger partial charge < -0.3 is 65.3 Å². The van der Waals surface area contributed by atoms with Gasteiger partial charge in [0.1, 0.15) is 42.2 Å². The molecule has 2 saturated heterocycles. The van der Waals surface area contributed by atoms with Crippen LogP contribution in [0.15, 0.2) is 0 Å². The van der Waals surface area contributed by atoms with Crippen molar-refractivity contribution >= 4 is 12.0 Å². The summed E-state index contributed by atoms with van der Waals surface area (Å²) in [7, 11) is 0. The van der Waals surface area contributed by atoms with Crippen LogP contribution in [0, 0.1) is 11.8 Å². The third-order valence-electron chi connectivity index (χ3n) is 8.78. The number of ether oxygens (including phenoxy) is 4. The number of alkyl carbamates (subject to hydrolysis) is 1. The molecule has 3 fully saturated rings. The van der Waals surface area contributed by atoms with Crippen molar-refractivity contribution in [3.05, 3.63) is 0 Å². The Kier molecular flexibility index (Phi) is 12.4. The second kappa shape index (κ2) is 14.8. The van der Waals surface area contributed by atoms with Crippen LogP contribution in [0.1, 0.15) is 67.2 Å². The van der Waals surface area contributed by atoms with E-state index < -0.39 is 109 Å². The van der Waals surface area contributed by atoms with Crippen molar-refractivity contribution in [2.24, 2.45) is 11.8 Å². The van der Waals surface area contributed by atoms with Crippen LogP contribution in [0.4, 0.5) is 4.79 Å². The topological polar surface area (TPSA) is 237 Å². The lowest BCUT2D eigenvalue weighted by Gasteiger charge is -2.52. The summed E-state index contributed by atoms with van der Waals surface area (Å²) < 4.78 is 22.8. The minimum atomic E-state index is -1.69. The van der Waals surface area contributed by atoms with E-state index in [0.29, 0.717) is 12.8 Å². The van der Waals surface area contributed by atoms with Gasteiger partial charge in [-0.25, -0.2) is 4.79 Å². The zero-order valence-corrected chi connectivity index (χ0v) is 26.3. The van der Waals surface area contributed by atoms with Gasteiger partial charge in [-0.15, -0.1) is 0 Å². The second-order valence-electron chi connectivity index (χ2n) is 13.4. The van der Waals surface area contributed by atoms with Crippen molar-refractivity contribution in [1.82, 2.24) is 10.6 Å². The summed E-state index contributed by atoms with van der Waals surface area (Å²) in [4.78, 5) is 25.0. The largest absolute Gasteiger partial charge is 0.444 e. The first-order chi connectivity index (χ1) is 20.4. The number of aliphatic hydroxyl groups is 7. The number of hydrogen-bond acceptors (Lipinski definition) is 13. The van der Waals surface area contributed by atoms with E-state index in [1.165, 1.54) is 0 Å². The third-order valence-corrected chi connectivity index (χ3v) is 8.78. The summed E-state index contributed by atoms with van der Waals surface area (Å²) in [5.74, 6) is -2.18. The molecule has 14 unspecified atom stereocenters. The summed E-state index contributed by atoms with van der Waals surface area (Å²) >= 11 is 0. The fourth-order valence-electron chi connectivity index (χ4n) is 6.25. The Hall–Kier alpha value is -1.66. The first kappa shape index (κ1) is 36.8. The first-order valence-corrected chi connectivity index (χ1v) is 15.4. The molecular weight excluding hydrogens is 584 g/mol. The fourth-order valence-corrected chi connectivity index (χ4v) is 6.25. The van der Waals surface area contributed by atoms with Crippen molar-refractivity contribution in [2.45, 2.75) is 146 Å². The van der Waals surface area contributed by atoms with Gasteiger partial charge in [0.05, 0.1) is 43.1 Å². The summed E-state index contributed by atoms with van der Waals surface area (Å²) in [6.07, 6.45) is -13.4. The van der Waals surface area contributed by atoms with E-state index in [1.54, 1.807) is 41.5 Å². The van der Waals surface area contributed by atoms with E-state index >= 15 is 0 Å². The molecule has 14 atom stereocenters. The standard InChI is InChI=1S/C29H52N2O13/c1-7-17-19(34)21(36)22(37)24(42-17)18-13(3)9-14(31-25(38)16(33)11-30-27(39)44-28(4,5)6)23(20(18)35)43-26-15(32)10-29(40,8-2)12-41-26/h13-24,26,32-37,40H,7-12H2,1-6H3,(H,30,39)(H,31,38). The molecule has 44 heavy (non-hydrogen) atoms. The molecule has 1 saturated carbocycles. The Morgan fingerprint density at radius 2 is 1.70 bits per heavy atom.